The molecule has 0 radical (unpaired) electrons. The van der Waals surface area contributed by atoms with Crippen LogP contribution in [0.25, 0.3) is 11.1 Å². The van der Waals surface area contributed by atoms with Crippen LogP contribution < -0.4 is 9.47 Å². The Hall–Kier alpha value is -2.07. The Bertz CT molecular complexity index is 774. The monoisotopic (exact) mass is 420 g/mol. The van der Waals surface area contributed by atoms with Crippen molar-refractivity contribution < 1.29 is 18.7 Å². The third-order valence-electron chi connectivity index (χ3n) is 4.65. The van der Waals surface area contributed by atoms with Gasteiger partial charge < -0.3 is 9.47 Å². The lowest BCUT2D eigenvalue weighted by Gasteiger charge is -2.13. The minimum Gasteiger partial charge on any atom is -0.491 e. The van der Waals surface area contributed by atoms with Gasteiger partial charge in [0.15, 0.2) is 11.6 Å². The molecule has 0 aliphatic rings. The smallest absolute Gasteiger partial charge is 0.329 e. The maximum atomic E-state index is 14.4. The zero-order valence-corrected chi connectivity index (χ0v) is 18.2. The van der Waals surface area contributed by atoms with Gasteiger partial charge in [0.25, 0.3) is 0 Å². The highest BCUT2D eigenvalue weighted by Crippen LogP contribution is 2.27. The Kier molecular flexibility index (Phi) is 9.46. The summed E-state index contributed by atoms with van der Waals surface area (Å²) in [5.74, 6) is -0.182. The Morgan fingerprint density at radius 3 is 2.28 bits per heavy atom. The summed E-state index contributed by atoms with van der Waals surface area (Å²) in [6.07, 6.45) is 5.65. The second-order valence-electron chi connectivity index (χ2n) is 7.50. The van der Waals surface area contributed by atoms with Gasteiger partial charge in [-0.25, -0.2) is 4.39 Å². The fraction of sp³-hybridized carbons (Fsp3) is 0.458. The molecule has 0 N–H and O–H groups in total. The molecule has 0 aliphatic carbocycles. The standard InChI is InChI=1S/C24H30ClFO3/c1-4-5-6-7-8-15-28-22-14-11-19(16-21(22)26)18-9-12-20(13-10-18)29-24(27)23(25)17(2)3/h9-14,16-17,23H,4-8,15H2,1-3H3. The van der Waals surface area contributed by atoms with Gasteiger partial charge in [-0.3, -0.25) is 4.79 Å². The molecule has 3 nitrogen and oxygen atoms in total. The number of unbranched alkanes of at least 4 members (excludes halogenated alkanes) is 4. The molecular weight excluding hydrogens is 391 g/mol. The average Bonchev–Trinajstić information content (AvgIpc) is 2.71. The highest BCUT2D eigenvalue weighted by molar-refractivity contribution is 6.30. The van der Waals surface area contributed by atoms with E-state index in [1.807, 2.05) is 19.9 Å². The molecule has 0 aliphatic heterocycles. The van der Waals surface area contributed by atoms with Crippen molar-refractivity contribution in [3.05, 3.63) is 48.3 Å². The number of hydrogen-bond donors (Lipinski definition) is 0. The van der Waals surface area contributed by atoms with Gasteiger partial charge in [0.1, 0.15) is 11.1 Å². The first-order valence-corrected chi connectivity index (χ1v) is 10.7. The molecule has 2 rings (SSSR count). The van der Waals surface area contributed by atoms with Crippen molar-refractivity contribution in [3.8, 4) is 22.6 Å². The quantitative estimate of drug-likeness (QED) is 0.170. The molecule has 2 aromatic carbocycles. The molecule has 0 fully saturated rings. The summed E-state index contributed by atoms with van der Waals surface area (Å²) in [4.78, 5) is 11.9. The molecule has 1 unspecified atom stereocenters. The summed E-state index contributed by atoms with van der Waals surface area (Å²) in [5, 5.41) is -0.692. The summed E-state index contributed by atoms with van der Waals surface area (Å²) < 4.78 is 25.2. The van der Waals surface area contributed by atoms with E-state index < -0.39 is 11.3 Å². The first-order valence-electron chi connectivity index (χ1n) is 10.3. The Morgan fingerprint density at radius 1 is 1.00 bits per heavy atom. The predicted molar refractivity (Wildman–Crippen MR) is 116 cm³/mol. The number of rotatable bonds is 11. The van der Waals surface area contributed by atoms with Gasteiger partial charge in [-0.2, -0.15) is 0 Å². The van der Waals surface area contributed by atoms with Crippen LogP contribution in [0.5, 0.6) is 11.5 Å². The van der Waals surface area contributed by atoms with Crippen LogP contribution in [-0.2, 0) is 4.79 Å². The highest BCUT2D eigenvalue weighted by atomic mass is 35.5. The minimum absolute atomic E-state index is 0.0107. The molecule has 29 heavy (non-hydrogen) atoms. The maximum absolute atomic E-state index is 14.4. The number of hydrogen-bond acceptors (Lipinski definition) is 3. The normalized spacial score (nSPS) is 12.1. The fourth-order valence-corrected chi connectivity index (χ4v) is 2.89. The topological polar surface area (TPSA) is 35.5 Å². The second-order valence-corrected chi connectivity index (χ2v) is 7.97. The highest BCUT2D eigenvalue weighted by Gasteiger charge is 2.21. The zero-order valence-electron chi connectivity index (χ0n) is 17.4. The number of halogens is 2. The summed E-state index contributed by atoms with van der Waals surface area (Å²) in [5.41, 5.74) is 1.55. The molecule has 0 aromatic heterocycles. The van der Waals surface area contributed by atoms with Crippen molar-refractivity contribution in [3.63, 3.8) is 0 Å². The lowest BCUT2D eigenvalue weighted by atomic mass is 10.1. The molecule has 0 bridgehead atoms. The lowest BCUT2D eigenvalue weighted by molar-refractivity contribution is -0.134. The molecule has 0 spiro atoms. The minimum atomic E-state index is -0.692. The Morgan fingerprint density at radius 2 is 1.66 bits per heavy atom. The van der Waals surface area contributed by atoms with Crippen molar-refractivity contribution in [2.24, 2.45) is 5.92 Å². The van der Waals surface area contributed by atoms with Gasteiger partial charge in [0, 0.05) is 0 Å². The van der Waals surface area contributed by atoms with Gasteiger partial charge in [0.05, 0.1) is 6.61 Å². The largest absolute Gasteiger partial charge is 0.491 e. The Balaban J connectivity index is 1.93. The van der Waals surface area contributed by atoms with Crippen molar-refractivity contribution >= 4 is 17.6 Å². The van der Waals surface area contributed by atoms with Crippen molar-refractivity contribution in [1.82, 2.24) is 0 Å². The van der Waals surface area contributed by atoms with E-state index in [9.17, 15) is 9.18 Å². The van der Waals surface area contributed by atoms with Crippen LogP contribution in [0.3, 0.4) is 0 Å². The molecule has 0 heterocycles. The molecular formula is C24H30ClFO3. The first kappa shape index (κ1) is 23.2. The van der Waals surface area contributed by atoms with E-state index in [-0.39, 0.29) is 17.5 Å². The lowest BCUT2D eigenvalue weighted by Crippen LogP contribution is -2.25. The van der Waals surface area contributed by atoms with E-state index in [1.165, 1.54) is 25.3 Å². The first-order chi connectivity index (χ1) is 13.9. The number of carbonyl (C=O) groups excluding carboxylic acids is 1. The van der Waals surface area contributed by atoms with Gasteiger partial charge >= 0.3 is 5.97 Å². The average molecular weight is 421 g/mol. The van der Waals surface area contributed by atoms with Crippen molar-refractivity contribution in [2.45, 2.75) is 58.3 Å². The predicted octanol–water partition coefficient (Wildman–Crippen LogP) is 7.01. The van der Waals surface area contributed by atoms with Crippen LogP contribution in [0, 0.1) is 11.7 Å². The summed E-state index contributed by atoms with van der Waals surface area (Å²) in [7, 11) is 0. The summed E-state index contributed by atoms with van der Waals surface area (Å²) >= 11 is 6.02. The third kappa shape index (κ3) is 7.36. The SMILES string of the molecule is CCCCCCCOc1ccc(-c2ccc(OC(=O)C(Cl)C(C)C)cc2)cc1F. The number of benzene rings is 2. The summed E-state index contributed by atoms with van der Waals surface area (Å²) in [6, 6.07) is 11.9. The van der Waals surface area contributed by atoms with Crippen LogP contribution >= 0.6 is 11.6 Å². The Labute approximate surface area is 178 Å². The van der Waals surface area contributed by atoms with E-state index in [0.717, 1.165) is 24.0 Å². The van der Waals surface area contributed by atoms with Crippen LogP contribution in [-0.4, -0.2) is 18.0 Å². The van der Waals surface area contributed by atoms with E-state index in [0.29, 0.717) is 12.4 Å². The molecule has 2 aromatic rings. The van der Waals surface area contributed by atoms with E-state index in [1.54, 1.807) is 30.3 Å². The molecule has 0 amide bonds. The van der Waals surface area contributed by atoms with Crippen molar-refractivity contribution in [1.29, 1.82) is 0 Å². The molecule has 0 saturated carbocycles. The van der Waals surface area contributed by atoms with Crippen LogP contribution in [0.1, 0.15) is 52.9 Å². The number of ether oxygens (including phenoxy) is 2. The van der Waals surface area contributed by atoms with Crippen LogP contribution in [0.4, 0.5) is 4.39 Å². The number of carbonyl (C=O) groups is 1. The van der Waals surface area contributed by atoms with Gasteiger partial charge in [0.2, 0.25) is 0 Å². The van der Waals surface area contributed by atoms with E-state index in [4.69, 9.17) is 21.1 Å². The molecule has 0 saturated heterocycles. The van der Waals surface area contributed by atoms with Crippen LogP contribution in [0.15, 0.2) is 42.5 Å². The van der Waals surface area contributed by atoms with Gasteiger partial charge in [-0.15, -0.1) is 11.6 Å². The van der Waals surface area contributed by atoms with Crippen LogP contribution in [0.2, 0.25) is 0 Å². The number of esters is 1. The number of alkyl halides is 1. The van der Waals surface area contributed by atoms with Gasteiger partial charge in [-0.05, 0) is 47.7 Å². The second kappa shape index (κ2) is 11.8. The molecule has 1 atom stereocenters. The third-order valence-corrected chi connectivity index (χ3v) is 5.34. The van der Waals surface area contributed by atoms with Crippen molar-refractivity contribution in [2.75, 3.05) is 6.61 Å². The van der Waals surface area contributed by atoms with E-state index >= 15 is 0 Å². The maximum Gasteiger partial charge on any atom is 0.329 e. The molecule has 5 heteroatoms. The summed E-state index contributed by atoms with van der Waals surface area (Å²) in [6.45, 7) is 6.42. The molecule has 158 valence electrons. The zero-order chi connectivity index (χ0) is 21.2. The fourth-order valence-electron chi connectivity index (χ4n) is 2.85. The van der Waals surface area contributed by atoms with Gasteiger partial charge in [-0.1, -0.05) is 64.7 Å². The van der Waals surface area contributed by atoms with E-state index in [2.05, 4.69) is 6.92 Å².